The van der Waals surface area contributed by atoms with Gasteiger partial charge in [0, 0.05) is 23.8 Å². The lowest BCUT2D eigenvalue weighted by Crippen LogP contribution is -2.52. The summed E-state index contributed by atoms with van der Waals surface area (Å²) in [5.74, 6) is -2.94. The van der Waals surface area contributed by atoms with Crippen LogP contribution in [0.15, 0.2) is 24.3 Å². The smallest absolute Gasteiger partial charge is 0.333 e. The first kappa shape index (κ1) is 19.4. The van der Waals surface area contributed by atoms with E-state index in [1.807, 2.05) is 0 Å². The molecular weight excluding hydrogens is 360 g/mol. The largest absolute Gasteiger partial charge is 0.461 e. The van der Waals surface area contributed by atoms with E-state index in [0.29, 0.717) is 6.42 Å². The number of carbonyl (C=O) groups excluding carboxylic acids is 2. The summed E-state index contributed by atoms with van der Waals surface area (Å²) in [6, 6.07) is 0. The molecule has 0 unspecified atom stereocenters. The molecule has 0 aromatic heterocycles. The molecule has 8 atom stereocenters. The van der Waals surface area contributed by atoms with Crippen molar-refractivity contribution in [2.45, 2.75) is 50.6 Å². The van der Waals surface area contributed by atoms with Gasteiger partial charge in [0.25, 0.3) is 0 Å². The number of halogens is 1. The third-order valence-corrected chi connectivity index (χ3v) is 6.67. The van der Waals surface area contributed by atoms with E-state index in [9.17, 15) is 19.8 Å². The molecule has 0 amide bonds. The predicted octanol–water partition coefficient (Wildman–Crippen LogP) is 1.58. The number of hydrogen-bond donors (Lipinski definition) is 2. The second-order valence-electron chi connectivity index (χ2n) is 7.86. The van der Waals surface area contributed by atoms with Crippen LogP contribution >= 0.6 is 11.6 Å². The molecule has 6 nitrogen and oxygen atoms in total. The highest BCUT2D eigenvalue weighted by molar-refractivity contribution is 6.18. The van der Waals surface area contributed by atoms with Crippen LogP contribution in [0.1, 0.15) is 26.7 Å². The Balaban J connectivity index is 2.03. The summed E-state index contributed by atoms with van der Waals surface area (Å²) in [4.78, 5) is 24.4. The number of alkyl halides is 1. The molecule has 2 N–H and O–H groups in total. The Morgan fingerprint density at radius 2 is 2.15 bits per heavy atom. The highest BCUT2D eigenvalue weighted by Gasteiger charge is 2.64. The summed E-state index contributed by atoms with van der Waals surface area (Å²) in [6.07, 6.45) is -1.72. The van der Waals surface area contributed by atoms with Crippen molar-refractivity contribution in [1.82, 2.24) is 0 Å². The molecule has 1 saturated heterocycles. The second-order valence-corrected chi connectivity index (χ2v) is 8.13. The van der Waals surface area contributed by atoms with Crippen LogP contribution in [-0.2, 0) is 19.1 Å². The number of carbonyl (C=O) groups is 2. The quantitative estimate of drug-likeness (QED) is 0.332. The van der Waals surface area contributed by atoms with E-state index >= 15 is 0 Å². The van der Waals surface area contributed by atoms with E-state index in [2.05, 4.69) is 13.2 Å². The molecule has 0 radical (unpaired) electrons. The number of aliphatic hydroxyl groups excluding tert-OH is 1. The van der Waals surface area contributed by atoms with Crippen LogP contribution in [0.5, 0.6) is 0 Å². The summed E-state index contributed by atoms with van der Waals surface area (Å²) in [5, 5.41) is 21.5. The molecule has 0 spiro atoms. The van der Waals surface area contributed by atoms with Gasteiger partial charge in [-0.15, -0.1) is 11.6 Å². The summed E-state index contributed by atoms with van der Waals surface area (Å²) in [6.45, 7) is 11.0. The van der Waals surface area contributed by atoms with E-state index in [4.69, 9.17) is 21.1 Å². The minimum absolute atomic E-state index is 0.187. The van der Waals surface area contributed by atoms with Gasteiger partial charge in [-0.3, -0.25) is 4.79 Å². The number of esters is 2. The van der Waals surface area contributed by atoms with E-state index in [0.717, 1.165) is 5.57 Å². The minimum atomic E-state index is -1.59. The summed E-state index contributed by atoms with van der Waals surface area (Å²) in [5.41, 5.74) is -0.565. The lowest BCUT2D eigenvalue weighted by molar-refractivity contribution is -0.155. The van der Waals surface area contributed by atoms with Gasteiger partial charge in [-0.25, -0.2) is 4.79 Å². The molecule has 7 heteroatoms. The van der Waals surface area contributed by atoms with E-state index < -0.39 is 53.6 Å². The fourth-order valence-corrected chi connectivity index (χ4v) is 5.14. The lowest BCUT2D eigenvalue weighted by Gasteiger charge is -2.37. The van der Waals surface area contributed by atoms with Gasteiger partial charge in [-0.2, -0.15) is 0 Å². The summed E-state index contributed by atoms with van der Waals surface area (Å²) >= 11 is 6.01. The SMILES string of the molecule is C=C(C)C(=O)O[C@H]1CC(=C)[C@@H]2C[C@H](O)[C@](O)(CCl)[C@@H]2[C@H]2OC(=O)[C@@H](C)[C@@H]21. The number of rotatable bonds is 3. The van der Waals surface area contributed by atoms with Crippen LogP contribution in [0.4, 0.5) is 0 Å². The van der Waals surface area contributed by atoms with Gasteiger partial charge < -0.3 is 19.7 Å². The number of fused-ring (bicyclic) bond motifs is 3. The van der Waals surface area contributed by atoms with Gasteiger partial charge in [0.1, 0.15) is 17.8 Å². The molecule has 0 aromatic rings. The predicted molar refractivity (Wildman–Crippen MR) is 94.3 cm³/mol. The normalized spacial score (nSPS) is 44.7. The zero-order chi connectivity index (χ0) is 19.4. The molecule has 0 aromatic carbocycles. The van der Waals surface area contributed by atoms with Crippen LogP contribution in [0.2, 0.25) is 0 Å². The fourth-order valence-electron chi connectivity index (χ4n) is 4.79. The van der Waals surface area contributed by atoms with E-state index in [-0.39, 0.29) is 23.8 Å². The molecule has 2 saturated carbocycles. The van der Waals surface area contributed by atoms with Crippen molar-refractivity contribution in [3.8, 4) is 0 Å². The molecule has 3 aliphatic rings. The molecule has 144 valence electrons. The fraction of sp³-hybridized carbons (Fsp3) is 0.684. The van der Waals surface area contributed by atoms with E-state index in [1.165, 1.54) is 0 Å². The Morgan fingerprint density at radius 1 is 1.50 bits per heavy atom. The minimum Gasteiger partial charge on any atom is -0.461 e. The standard InChI is InChI=1S/C19H25ClO6/c1-8(2)17(22)25-12-5-9(3)11-6-13(21)19(24,7-20)15(11)16-14(12)10(4)18(23)26-16/h10-16,21,24H,1,3,5-7H2,2,4H3/t10-,11-,12-,13-,14+,15-,16-,19+/m0/s1. The maximum Gasteiger partial charge on any atom is 0.333 e. The van der Waals surface area contributed by atoms with Gasteiger partial charge in [0.05, 0.1) is 17.9 Å². The van der Waals surface area contributed by atoms with Gasteiger partial charge in [0.15, 0.2) is 0 Å². The van der Waals surface area contributed by atoms with Crippen LogP contribution in [0.25, 0.3) is 0 Å². The van der Waals surface area contributed by atoms with Crippen molar-refractivity contribution in [3.05, 3.63) is 24.3 Å². The van der Waals surface area contributed by atoms with E-state index in [1.54, 1.807) is 13.8 Å². The molecular formula is C19H25ClO6. The van der Waals surface area contributed by atoms with Crippen molar-refractivity contribution in [3.63, 3.8) is 0 Å². The first-order valence-corrected chi connectivity index (χ1v) is 9.36. The highest BCUT2D eigenvalue weighted by Crippen LogP contribution is 2.55. The van der Waals surface area contributed by atoms with Crippen LogP contribution in [-0.4, -0.2) is 51.9 Å². The average Bonchev–Trinajstić information content (AvgIpc) is 2.97. The van der Waals surface area contributed by atoms with Gasteiger partial charge in [-0.05, 0) is 19.3 Å². The lowest BCUT2D eigenvalue weighted by atomic mass is 9.75. The molecule has 1 heterocycles. The Kier molecular flexibility index (Phi) is 4.97. The summed E-state index contributed by atoms with van der Waals surface area (Å²) < 4.78 is 11.2. The molecule has 3 rings (SSSR count). The molecule has 1 aliphatic heterocycles. The topological polar surface area (TPSA) is 93.1 Å². The Bertz CT molecular complexity index is 660. The number of ether oxygens (including phenoxy) is 2. The number of aliphatic hydroxyl groups is 2. The third kappa shape index (κ3) is 2.79. The van der Waals surface area contributed by atoms with Crippen LogP contribution in [0.3, 0.4) is 0 Å². The second kappa shape index (κ2) is 6.66. The Labute approximate surface area is 157 Å². The Hall–Kier alpha value is -1.37. The molecule has 2 aliphatic carbocycles. The van der Waals surface area contributed by atoms with Gasteiger partial charge >= 0.3 is 11.9 Å². The van der Waals surface area contributed by atoms with Crippen molar-refractivity contribution in [2.24, 2.45) is 23.7 Å². The first-order chi connectivity index (χ1) is 12.1. The highest BCUT2D eigenvalue weighted by atomic mass is 35.5. The third-order valence-electron chi connectivity index (χ3n) is 6.24. The zero-order valence-corrected chi connectivity index (χ0v) is 15.7. The monoisotopic (exact) mass is 384 g/mol. The van der Waals surface area contributed by atoms with Gasteiger partial charge in [0.2, 0.25) is 0 Å². The van der Waals surface area contributed by atoms with Gasteiger partial charge in [-0.1, -0.05) is 25.7 Å². The van der Waals surface area contributed by atoms with Crippen molar-refractivity contribution >= 4 is 23.5 Å². The van der Waals surface area contributed by atoms with Crippen molar-refractivity contribution in [1.29, 1.82) is 0 Å². The maximum atomic E-state index is 12.3. The maximum absolute atomic E-state index is 12.3. The van der Waals surface area contributed by atoms with Crippen molar-refractivity contribution < 1.29 is 29.3 Å². The number of hydrogen-bond acceptors (Lipinski definition) is 6. The van der Waals surface area contributed by atoms with Crippen LogP contribution < -0.4 is 0 Å². The average molecular weight is 385 g/mol. The Morgan fingerprint density at radius 3 is 2.73 bits per heavy atom. The van der Waals surface area contributed by atoms with Crippen molar-refractivity contribution in [2.75, 3.05) is 5.88 Å². The van der Waals surface area contributed by atoms with Crippen LogP contribution in [0, 0.1) is 23.7 Å². The molecule has 0 bridgehead atoms. The first-order valence-electron chi connectivity index (χ1n) is 8.82. The summed E-state index contributed by atoms with van der Waals surface area (Å²) in [7, 11) is 0. The molecule has 3 fully saturated rings. The zero-order valence-electron chi connectivity index (χ0n) is 15.0. The molecule has 26 heavy (non-hydrogen) atoms.